The van der Waals surface area contributed by atoms with Crippen molar-refractivity contribution in [1.82, 2.24) is 16.0 Å². The minimum atomic E-state index is -0.964. The van der Waals surface area contributed by atoms with Gasteiger partial charge in [0.25, 0.3) is 0 Å². The second-order valence-electron chi connectivity index (χ2n) is 13.3. The summed E-state index contributed by atoms with van der Waals surface area (Å²) in [7, 11) is 0. The molecule has 0 radical (unpaired) electrons. The van der Waals surface area contributed by atoms with E-state index in [0.29, 0.717) is 12.8 Å². The molecule has 3 aromatic rings. The molecule has 3 atom stereocenters. The van der Waals surface area contributed by atoms with Crippen LogP contribution in [0.15, 0.2) is 91.0 Å². The van der Waals surface area contributed by atoms with Crippen LogP contribution in [0, 0.1) is 5.92 Å². The van der Waals surface area contributed by atoms with Crippen LogP contribution in [0.4, 0.5) is 4.79 Å². The molecule has 3 unspecified atom stereocenters. The predicted octanol–water partition coefficient (Wildman–Crippen LogP) is 4.80. The van der Waals surface area contributed by atoms with Gasteiger partial charge in [0.15, 0.2) is 0 Å². The Balaban J connectivity index is 1.18. The second kappa shape index (κ2) is 16.4. The molecule has 0 aromatic heterocycles. The lowest BCUT2D eigenvalue weighted by molar-refractivity contribution is -0.149. The van der Waals surface area contributed by atoms with Crippen LogP contribution in [0.2, 0.25) is 0 Å². The van der Waals surface area contributed by atoms with Gasteiger partial charge in [0.2, 0.25) is 11.8 Å². The highest BCUT2D eigenvalue weighted by molar-refractivity contribution is 5.86. The highest BCUT2D eigenvalue weighted by Crippen LogP contribution is 2.44. The largest absolute Gasteiger partial charge is 0.462 e. The Morgan fingerprint density at radius 3 is 2.29 bits per heavy atom. The van der Waals surface area contributed by atoms with E-state index in [1.807, 2.05) is 78.9 Å². The third-order valence-electron chi connectivity index (χ3n) is 8.88. The van der Waals surface area contributed by atoms with E-state index < -0.39 is 35.6 Å². The van der Waals surface area contributed by atoms with E-state index in [9.17, 15) is 24.3 Å². The number of hydrogen-bond donors (Lipinski definition) is 4. The number of amides is 3. The van der Waals surface area contributed by atoms with Gasteiger partial charge in [0, 0.05) is 12.3 Å². The first-order valence-electron chi connectivity index (χ1n) is 16.8. The minimum Gasteiger partial charge on any atom is -0.462 e. The molecule has 258 valence electrons. The molecule has 3 amide bonds. The molecule has 0 bridgehead atoms. The zero-order chi connectivity index (χ0) is 34.8. The van der Waals surface area contributed by atoms with E-state index in [1.165, 1.54) is 0 Å². The number of esters is 1. The molecule has 0 saturated heterocycles. The van der Waals surface area contributed by atoms with Crippen molar-refractivity contribution < 1.29 is 33.8 Å². The van der Waals surface area contributed by atoms with Crippen LogP contribution in [0.3, 0.4) is 0 Å². The molecule has 4 N–H and O–H groups in total. The van der Waals surface area contributed by atoms with Gasteiger partial charge in [-0.1, -0.05) is 91.0 Å². The molecule has 0 fully saturated rings. The number of carbonyl (C=O) groups excluding carboxylic acids is 4. The average Bonchev–Trinajstić information content (AvgIpc) is 3.41. The highest BCUT2D eigenvalue weighted by atomic mass is 16.6. The van der Waals surface area contributed by atoms with Crippen LogP contribution in [-0.2, 0) is 30.3 Å². The molecule has 1 aliphatic carbocycles. The lowest BCUT2D eigenvalue weighted by atomic mass is 9.96. The van der Waals surface area contributed by atoms with E-state index in [4.69, 9.17) is 9.47 Å². The van der Waals surface area contributed by atoms with E-state index in [0.717, 1.165) is 27.8 Å². The summed E-state index contributed by atoms with van der Waals surface area (Å²) < 4.78 is 11.3. The zero-order valence-electron chi connectivity index (χ0n) is 28.0. The van der Waals surface area contributed by atoms with Crippen LogP contribution in [-0.4, -0.2) is 66.4 Å². The molecule has 10 heteroatoms. The number of aliphatic hydroxyl groups excluding tert-OH is 1. The Kier molecular flexibility index (Phi) is 11.9. The van der Waals surface area contributed by atoms with Crippen molar-refractivity contribution in [2.45, 2.75) is 69.5 Å². The molecule has 5 rings (SSSR count). The number of fused-ring (bicyclic) bond motifs is 3. The number of hydrogen-bond acceptors (Lipinski definition) is 7. The fraction of sp³-hybridized carbons (Fsp3) is 0.385. The van der Waals surface area contributed by atoms with Crippen molar-refractivity contribution in [2.24, 2.45) is 5.92 Å². The first kappa shape index (κ1) is 35.3. The van der Waals surface area contributed by atoms with Crippen molar-refractivity contribution in [2.75, 3.05) is 19.8 Å². The molecule has 49 heavy (non-hydrogen) atoms. The van der Waals surface area contributed by atoms with Crippen LogP contribution in [0.1, 0.15) is 62.1 Å². The van der Waals surface area contributed by atoms with Gasteiger partial charge in [-0.3, -0.25) is 9.59 Å². The van der Waals surface area contributed by atoms with E-state index in [-0.39, 0.29) is 56.8 Å². The monoisotopic (exact) mass is 667 g/mol. The summed E-state index contributed by atoms with van der Waals surface area (Å²) in [5, 5.41) is 18.3. The number of ether oxygens (including phenoxy) is 2. The lowest BCUT2D eigenvalue weighted by Crippen LogP contribution is -2.51. The second-order valence-corrected chi connectivity index (χ2v) is 13.3. The Labute approximate surface area is 287 Å². The van der Waals surface area contributed by atoms with Gasteiger partial charge < -0.3 is 30.5 Å². The summed E-state index contributed by atoms with van der Waals surface area (Å²) in [6, 6.07) is 24.2. The van der Waals surface area contributed by atoms with Gasteiger partial charge in [-0.25, -0.2) is 9.59 Å². The standard InChI is InChI=1S/C39H45N3O7/c1-39(2)25-49-37(46)34(41-38(47)48-24-33-31-18-11-9-16-29(31)30-17-10-12-19-32(30)33)20-8-4-7-15-27(36(45)42-39)22-35(44)40-28(23-43)21-26-13-5-3-6-14-26/h3-7,9-14,16-19,27-28,33-34,43H,8,15,20-25H2,1-2H3,(H,40,44)(H,41,47)(H,42,45). The topological polar surface area (TPSA) is 143 Å². The molecular weight excluding hydrogens is 622 g/mol. The Morgan fingerprint density at radius 1 is 0.959 bits per heavy atom. The molecule has 10 nitrogen and oxygen atoms in total. The number of alkyl carbamates (subject to hydrolysis) is 1. The maximum absolute atomic E-state index is 13.4. The maximum atomic E-state index is 13.4. The maximum Gasteiger partial charge on any atom is 0.407 e. The fourth-order valence-electron chi connectivity index (χ4n) is 6.35. The normalized spacial score (nSPS) is 19.8. The minimum absolute atomic E-state index is 0.0801. The average molecular weight is 668 g/mol. The number of aliphatic hydroxyl groups is 1. The quantitative estimate of drug-likeness (QED) is 0.190. The van der Waals surface area contributed by atoms with Crippen molar-refractivity contribution >= 4 is 23.9 Å². The van der Waals surface area contributed by atoms with E-state index in [1.54, 1.807) is 13.8 Å². The van der Waals surface area contributed by atoms with Crippen LogP contribution in [0.25, 0.3) is 11.1 Å². The van der Waals surface area contributed by atoms with E-state index >= 15 is 0 Å². The van der Waals surface area contributed by atoms with Gasteiger partial charge in [0.05, 0.1) is 24.1 Å². The van der Waals surface area contributed by atoms with Crippen LogP contribution >= 0.6 is 0 Å². The number of carbonyl (C=O) groups is 4. The molecular formula is C39H45N3O7. The summed E-state index contributed by atoms with van der Waals surface area (Å²) in [5.74, 6) is -2.13. The number of benzene rings is 3. The van der Waals surface area contributed by atoms with Gasteiger partial charge >= 0.3 is 12.1 Å². The first-order chi connectivity index (χ1) is 23.6. The molecule has 3 aromatic carbocycles. The molecule has 1 aliphatic heterocycles. The van der Waals surface area contributed by atoms with Crippen LogP contribution < -0.4 is 16.0 Å². The van der Waals surface area contributed by atoms with Crippen molar-refractivity contribution in [3.05, 3.63) is 108 Å². The van der Waals surface area contributed by atoms with Gasteiger partial charge in [-0.15, -0.1) is 0 Å². The van der Waals surface area contributed by atoms with Crippen molar-refractivity contribution in [3.8, 4) is 11.1 Å². The Hall–Kier alpha value is -4.96. The summed E-state index contributed by atoms with van der Waals surface area (Å²) in [6.07, 6.45) is 4.26. The van der Waals surface area contributed by atoms with Gasteiger partial charge in [0.1, 0.15) is 19.3 Å². The van der Waals surface area contributed by atoms with Crippen molar-refractivity contribution in [1.29, 1.82) is 0 Å². The summed E-state index contributed by atoms with van der Waals surface area (Å²) in [6.45, 7) is 3.18. The molecule has 1 heterocycles. The number of allylic oxidation sites excluding steroid dienone is 2. The predicted molar refractivity (Wildman–Crippen MR) is 185 cm³/mol. The fourth-order valence-corrected chi connectivity index (χ4v) is 6.35. The van der Waals surface area contributed by atoms with E-state index in [2.05, 4.69) is 28.1 Å². The van der Waals surface area contributed by atoms with Crippen molar-refractivity contribution in [3.63, 3.8) is 0 Å². The van der Waals surface area contributed by atoms with Gasteiger partial charge in [-0.05, 0) is 67.3 Å². The number of nitrogens with one attached hydrogen (secondary N) is 3. The number of rotatable bonds is 9. The SMILES string of the molecule is CC1(C)COC(=O)C(NC(=O)OCC2c3ccccc3-c3ccccc32)CCC=CCC(CC(=O)NC(CO)Cc2ccccc2)C(=O)N1. The van der Waals surface area contributed by atoms with Crippen LogP contribution in [0.5, 0.6) is 0 Å². The lowest BCUT2D eigenvalue weighted by Gasteiger charge is -2.29. The summed E-state index contributed by atoms with van der Waals surface area (Å²) >= 11 is 0. The smallest absolute Gasteiger partial charge is 0.407 e. The number of cyclic esters (lactones) is 1. The zero-order valence-corrected chi connectivity index (χ0v) is 28.0. The Bertz CT molecular complexity index is 1610. The first-order valence-corrected chi connectivity index (χ1v) is 16.8. The highest BCUT2D eigenvalue weighted by Gasteiger charge is 2.32. The Morgan fingerprint density at radius 2 is 1.61 bits per heavy atom. The molecule has 0 saturated carbocycles. The summed E-state index contributed by atoms with van der Waals surface area (Å²) in [4.78, 5) is 52.6. The van der Waals surface area contributed by atoms with Gasteiger partial charge in [-0.2, -0.15) is 0 Å². The molecule has 0 spiro atoms. The summed E-state index contributed by atoms with van der Waals surface area (Å²) in [5.41, 5.74) is 4.44. The third-order valence-corrected chi connectivity index (χ3v) is 8.88. The molecule has 2 aliphatic rings. The third kappa shape index (κ3) is 9.57.